The number of fused-ring (bicyclic) bond motifs is 1. The molecule has 2 aliphatic rings. The molecule has 0 heterocycles. The van der Waals surface area contributed by atoms with Crippen LogP contribution in [0, 0.1) is 23.7 Å². The van der Waals surface area contributed by atoms with Crippen LogP contribution in [0.5, 0.6) is 0 Å². The topological polar surface area (TPSA) is 0 Å². The van der Waals surface area contributed by atoms with Gasteiger partial charge in [-0.25, -0.2) is 4.39 Å². The Morgan fingerprint density at radius 2 is 1.81 bits per heavy atom. The van der Waals surface area contributed by atoms with Crippen molar-refractivity contribution in [3.8, 4) is 0 Å². The fraction of sp³-hybridized carbons (Fsp3) is 0.733. The summed E-state index contributed by atoms with van der Waals surface area (Å²) in [7, 11) is 0. The molecule has 0 aromatic heterocycles. The summed E-state index contributed by atoms with van der Waals surface area (Å²) in [5.41, 5.74) is 1.000. The Morgan fingerprint density at radius 1 is 1.12 bits per heavy atom. The van der Waals surface area contributed by atoms with Crippen LogP contribution < -0.4 is 0 Å². The Kier molecular flexibility index (Phi) is 3.83. The molecule has 2 rings (SSSR count). The molecule has 4 unspecified atom stereocenters. The number of halogens is 1. The molecule has 16 heavy (non-hydrogen) atoms. The second-order valence-corrected chi connectivity index (χ2v) is 5.82. The van der Waals surface area contributed by atoms with Crippen LogP contribution in [0.3, 0.4) is 0 Å². The van der Waals surface area contributed by atoms with E-state index in [4.69, 9.17) is 0 Å². The van der Waals surface area contributed by atoms with Crippen molar-refractivity contribution < 1.29 is 4.39 Å². The van der Waals surface area contributed by atoms with Gasteiger partial charge in [-0.2, -0.15) is 0 Å². The van der Waals surface area contributed by atoms with E-state index in [0.29, 0.717) is 12.2 Å². The second kappa shape index (κ2) is 5.16. The summed E-state index contributed by atoms with van der Waals surface area (Å²) in [6.07, 6.45) is 10.2. The minimum absolute atomic E-state index is 0.543. The highest BCUT2D eigenvalue weighted by atomic mass is 19.1. The zero-order chi connectivity index (χ0) is 11.5. The molecule has 0 saturated heterocycles. The van der Waals surface area contributed by atoms with Crippen molar-refractivity contribution in [3.05, 3.63) is 24.6 Å². The quantitative estimate of drug-likeness (QED) is 0.584. The molecule has 0 radical (unpaired) electrons. The maximum Gasteiger partial charge on any atom is 0.0869 e. The molecule has 4 atom stereocenters. The van der Waals surface area contributed by atoms with Crippen LogP contribution >= 0.6 is 0 Å². The maximum absolute atomic E-state index is 12.1. The summed E-state index contributed by atoms with van der Waals surface area (Å²) < 4.78 is 12.1. The smallest absolute Gasteiger partial charge is 0.0869 e. The Balaban J connectivity index is 1.93. The van der Waals surface area contributed by atoms with Gasteiger partial charge in [0.15, 0.2) is 0 Å². The number of hydrogen-bond acceptors (Lipinski definition) is 0. The second-order valence-electron chi connectivity index (χ2n) is 5.82. The summed E-state index contributed by atoms with van der Waals surface area (Å²) in [5, 5.41) is 0. The summed E-state index contributed by atoms with van der Waals surface area (Å²) >= 11 is 0. The summed E-state index contributed by atoms with van der Waals surface area (Å²) in [4.78, 5) is 0. The lowest BCUT2D eigenvalue weighted by Crippen LogP contribution is -2.30. The molecule has 0 aromatic rings. The molecule has 2 aliphatic carbocycles. The van der Waals surface area contributed by atoms with Gasteiger partial charge in [0.1, 0.15) is 0 Å². The van der Waals surface area contributed by atoms with Crippen molar-refractivity contribution in [3.63, 3.8) is 0 Å². The minimum atomic E-state index is 0.543. The van der Waals surface area contributed by atoms with E-state index in [9.17, 15) is 4.39 Å². The first kappa shape index (κ1) is 11.9. The van der Waals surface area contributed by atoms with Gasteiger partial charge < -0.3 is 0 Å². The third-order valence-electron chi connectivity index (χ3n) is 4.68. The Morgan fingerprint density at radius 3 is 2.56 bits per heavy atom. The lowest BCUT2D eigenvalue weighted by Gasteiger charge is -2.41. The fourth-order valence-corrected chi connectivity index (χ4v) is 3.68. The lowest BCUT2D eigenvalue weighted by atomic mass is 9.64. The molecular weight excluding hydrogens is 199 g/mol. The zero-order valence-corrected chi connectivity index (χ0v) is 10.3. The third kappa shape index (κ3) is 2.56. The molecule has 2 saturated carbocycles. The van der Waals surface area contributed by atoms with E-state index in [1.165, 1.54) is 38.5 Å². The van der Waals surface area contributed by atoms with E-state index in [1.807, 2.05) is 0 Å². The van der Waals surface area contributed by atoms with Crippen LogP contribution in [-0.4, -0.2) is 0 Å². The van der Waals surface area contributed by atoms with E-state index in [0.717, 1.165) is 23.3 Å². The van der Waals surface area contributed by atoms with Crippen LogP contribution in [0.2, 0.25) is 0 Å². The first-order chi connectivity index (χ1) is 7.70. The standard InChI is InChI=1S/C15H23F/c1-11-3-4-15-10-13(12(2)7-8-16)5-6-14(15)9-11/h7-8,11,13-15H,2-6,9-10H2,1H3/b8-7+. The van der Waals surface area contributed by atoms with Gasteiger partial charge in [-0.3, -0.25) is 0 Å². The Labute approximate surface area is 98.6 Å². The first-order valence-corrected chi connectivity index (χ1v) is 6.66. The summed E-state index contributed by atoms with van der Waals surface area (Å²) in [5.74, 6) is 3.30. The van der Waals surface area contributed by atoms with E-state index in [1.54, 1.807) is 6.08 Å². The van der Waals surface area contributed by atoms with E-state index >= 15 is 0 Å². The van der Waals surface area contributed by atoms with Gasteiger partial charge in [-0.05, 0) is 67.4 Å². The van der Waals surface area contributed by atoms with Gasteiger partial charge in [-0.15, -0.1) is 0 Å². The molecule has 1 heteroatoms. The largest absolute Gasteiger partial charge is 0.216 e. The van der Waals surface area contributed by atoms with E-state index in [-0.39, 0.29) is 0 Å². The molecular formula is C15H23F. The predicted octanol–water partition coefficient (Wildman–Crippen LogP) is 4.88. The molecule has 0 aromatic carbocycles. The minimum Gasteiger partial charge on any atom is -0.216 e. The predicted molar refractivity (Wildman–Crippen MR) is 66.7 cm³/mol. The molecule has 0 spiro atoms. The normalized spacial score (nSPS) is 39.6. The molecule has 0 N–H and O–H groups in total. The molecule has 0 nitrogen and oxygen atoms in total. The van der Waals surface area contributed by atoms with Crippen molar-refractivity contribution in [1.82, 2.24) is 0 Å². The third-order valence-corrected chi connectivity index (χ3v) is 4.68. The Bertz CT molecular complexity index is 279. The molecule has 2 fully saturated rings. The van der Waals surface area contributed by atoms with Gasteiger partial charge in [0, 0.05) is 0 Å². The monoisotopic (exact) mass is 222 g/mol. The van der Waals surface area contributed by atoms with Gasteiger partial charge in [-0.1, -0.05) is 19.9 Å². The first-order valence-electron chi connectivity index (χ1n) is 6.66. The zero-order valence-electron chi connectivity index (χ0n) is 10.3. The number of hydrogen-bond donors (Lipinski definition) is 0. The average molecular weight is 222 g/mol. The highest BCUT2D eigenvalue weighted by Crippen LogP contribution is 2.46. The van der Waals surface area contributed by atoms with Crippen molar-refractivity contribution >= 4 is 0 Å². The highest BCUT2D eigenvalue weighted by Gasteiger charge is 2.34. The van der Waals surface area contributed by atoms with Crippen LogP contribution in [0.4, 0.5) is 4.39 Å². The number of allylic oxidation sites excluding steroid dienone is 2. The van der Waals surface area contributed by atoms with E-state index in [2.05, 4.69) is 13.5 Å². The van der Waals surface area contributed by atoms with Crippen molar-refractivity contribution in [2.24, 2.45) is 23.7 Å². The van der Waals surface area contributed by atoms with Crippen LogP contribution in [0.25, 0.3) is 0 Å². The van der Waals surface area contributed by atoms with Crippen molar-refractivity contribution in [2.45, 2.75) is 45.4 Å². The maximum atomic E-state index is 12.1. The van der Waals surface area contributed by atoms with Crippen LogP contribution in [0.1, 0.15) is 45.4 Å². The fourth-order valence-electron chi connectivity index (χ4n) is 3.68. The number of rotatable bonds is 2. The van der Waals surface area contributed by atoms with Gasteiger partial charge in [0.05, 0.1) is 6.33 Å². The molecule has 0 aliphatic heterocycles. The van der Waals surface area contributed by atoms with Crippen molar-refractivity contribution in [2.75, 3.05) is 0 Å². The Hall–Kier alpha value is -0.590. The lowest BCUT2D eigenvalue weighted by molar-refractivity contribution is 0.115. The van der Waals surface area contributed by atoms with Crippen LogP contribution in [-0.2, 0) is 0 Å². The molecule has 0 bridgehead atoms. The van der Waals surface area contributed by atoms with Crippen molar-refractivity contribution in [1.29, 1.82) is 0 Å². The summed E-state index contributed by atoms with van der Waals surface area (Å²) in [6.45, 7) is 6.38. The van der Waals surface area contributed by atoms with Crippen LogP contribution in [0.15, 0.2) is 24.6 Å². The van der Waals surface area contributed by atoms with Gasteiger partial charge in [0.2, 0.25) is 0 Å². The van der Waals surface area contributed by atoms with E-state index < -0.39 is 0 Å². The molecule has 0 amide bonds. The summed E-state index contributed by atoms with van der Waals surface area (Å²) in [6, 6.07) is 0. The van der Waals surface area contributed by atoms with Gasteiger partial charge >= 0.3 is 0 Å². The highest BCUT2D eigenvalue weighted by molar-refractivity contribution is 5.17. The van der Waals surface area contributed by atoms with Gasteiger partial charge in [0.25, 0.3) is 0 Å². The molecule has 90 valence electrons. The average Bonchev–Trinajstić information content (AvgIpc) is 2.28. The SMILES string of the molecule is C=C(/C=C/F)C1CCC2CC(C)CCC2C1.